The molecule has 0 heterocycles. The molecule has 0 spiro atoms. The highest BCUT2D eigenvalue weighted by atomic mass is 79.9. The highest BCUT2D eigenvalue weighted by Gasteiger charge is 2.15. The molecule has 3 aromatic carbocycles. The number of nitrogens with one attached hydrogen (secondary N) is 1. The molecule has 4 nitrogen and oxygen atoms in total. The minimum atomic E-state index is -0.541. The number of carbonyl (C=O) groups is 1. The van der Waals surface area contributed by atoms with Crippen molar-refractivity contribution < 1.29 is 13.9 Å². The molecule has 3 aromatic rings. The van der Waals surface area contributed by atoms with Crippen LogP contribution in [0, 0.1) is 24.1 Å². The van der Waals surface area contributed by atoms with Gasteiger partial charge >= 0.3 is 0 Å². The second-order valence-corrected chi connectivity index (χ2v) is 8.59. The zero-order valence-electron chi connectivity index (χ0n) is 18.1. The highest BCUT2D eigenvalue weighted by Crippen LogP contribution is 2.32. The van der Waals surface area contributed by atoms with E-state index in [1.54, 1.807) is 36.4 Å². The summed E-state index contributed by atoms with van der Waals surface area (Å²) in [4.78, 5) is 12.7. The molecule has 1 amide bonds. The zero-order valence-corrected chi connectivity index (χ0v) is 20.4. The van der Waals surface area contributed by atoms with E-state index < -0.39 is 5.91 Å². The summed E-state index contributed by atoms with van der Waals surface area (Å²) >= 11 is 9.58. The number of halogens is 3. The molecule has 7 heteroatoms. The van der Waals surface area contributed by atoms with Crippen LogP contribution in [0.2, 0.25) is 5.02 Å². The average Bonchev–Trinajstić information content (AvgIpc) is 2.77. The number of nitriles is 1. The molecular weight excluding hydrogens is 507 g/mol. The summed E-state index contributed by atoms with van der Waals surface area (Å²) in [5.74, 6) is -0.257. The van der Waals surface area contributed by atoms with E-state index >= 15 is 0 Å². The van der Waals surface area contributed by atoms with Crippen molar-refractivity contribution in [2.45, 2.75) is 20.3 Å². The van der Waals surface area contributed by atoms with Crippen LogP contribution in [0.25, 0.3) is 6.08 Å². The molecule has 0 bridgehead atoms. The Hall–Kier alpha value is -3.14. The van der Waals surface area contributed by atoms with Gasteiger partial charge in [0.2, 0.25) is 0 Å². The Morgan fingerprint density at radius 1 is 1.24 bits per heavy atom. The van der Waals surface area contributed by atoms with E-state index in [1.165, 1.54) is 18.2 Å². The average molecular weight is 528 g/mol. The van der Waals surface area contributed by atoms with Gasteiger partial charge in [0.05, 0.1) is 6.61 Å². The number of amides is 1. The lowest BCUT2D eigenvalue weighted by atomic mass is 10.0. The Morgan fingerprint density at radius 3 is 2.73 bits per heavy atom. The Morgan fingerprint density at radius 2 is 2.03 bits per heavy atom. The molecule has 1 N–H and O–H groups in total. The SMILES string of the molecule is CCOc1cc(/C=C(\C#N)C(=O)Nc2cc(Cl)ccc2C)cc(Br)c1Cc1cccc(F)c1. The predicted octanol–water partition coefficient (Wildman–Crippen LogP) is 7.09. The van der Waals surface area contributed by atoms with Gasteiger partial charge < -0.3 is 10.1 Å². The summed E-state index contributed by atoms with van der Waals surface area (Å²) in [5.41, 5.74) is 3.55. The third-order valence-corrected chi connectivity index (χ3v) is 5.81. The number of nitrogens with zero attached hydrogens (tertiary/aromatic N) is 1. The number of carbonyl (C=O) groups excluding carboxylic acids is 1. The summed E-state index contributed by atoms with van der Waals surface area (Å²) in [7, 11) is 0. The zero-order chi connectivity index (χ0) is 24.0. The standard InChI is InChI=1S/C26H21BrClFN2O2/c1-3-33-25-13-18(12-23(27)22(25)11-17-5-4-6-21(29)10-17)9-19(15-30)26(32)31-24-14-20(28)8-7-16(24)2/h4-10,12-14H,3,11H2,1-2H3,(H,31,32)/b19-9+. The lowest BCUT2D eigenvalue weighted by Gasteiger charge is -2.14. The first kappa shape index (κ1) is 24.5. The number of hydrogen-bond donors (Lipinski definition) is 1. The summed E-state index contributed by atoms with van der Waals surface area (Å²) in [6.45, 7) is 4.13. The van der Waals surface area contributed by atoms with Crippen molar-refractivity contribution in [3.05, 3.63) is 97.7 Å². The molecule has 0 aliphatic carbocycles. The van der Waals surface area contributed by atoms with E-state index in [-0.39, 0.29) is 11.4 Å². The number of benzene rings is 3. The van der Waals surface area contributed by atoms with Crippen LogP contribution in [0.3, 0.4) is 0 Å². The first-order chi connectivity index (χ1) is 15.8. The smallest absolute Gasteiger partial charge is 0.266 e. The molecule has 0 saturated carbocycles. The fraction of sp³-hybridized carbons (Fsp3) is 0.154. The van der Waals surface area contributed by atoms with E-state index in [0.717, 1.165) is 21.2 Å². The molecule has 0 saturated heterocycles. The van der Waals surface area contributed by atoms with Crippen LogP contribution >= 0.6 is 27.5 Å². The fourth-order valence-corrected chi connectivity index (χ4v) is 4.03. The van der Waals surface area contributed by atoms with Gasteiger partial charge in [-0.2, -0.15) is 5.26 Å². The summed E-state index contributed by atoms with van der Waals surface area (Å²) in [6.07, 6.45) is 1.95. The third kappa shape index (κ3) is 6.44. The molecule has 33 heavy (non-hydrogen) atoms. The Balaban J connectivity index is 1.93. The van der Waals surface area contributed by atoms with Crippen molar-refractivity contribution in [1.82, 2.24) is 0 Å². The lowest BCUT2D eigenvalue weighted by molar-refractivity contribution is -0.112. The van der Waals surface area contributed by atoms with Gasteiger partial charge in [0.25, 0.3) is 5.91 Å². The van der Waals surface area contributed by atoms with E-state index in [0.29, 0.717) is 35.1 Å². The van der Waals surface area contributed by atoms with Gasteiger partial charge in [-0.3, -0.25) is 4.79 Å². The first-order valence-electron chi connectivity index (χ1n) is 10.2. The minimum Gasteiger partial charge on any atom is -0.494 e. The van der Waals surface area contributed by atoms with Crippen LogP contribution < -0.4 is 10.1 Å². The van der Waals surface area contributed by atoms with Crippen molar-refractivity contribution in [2.75, 3.05) is 11.9 Å². The molecule has 0 radical (unpaired) electrons. The molecule has 0 aliphatic heterocycles. The number of anilines is 1. The van der Waals surface area contributed by atoms with Crippen LogP contribution in [-0.4, -0.2) is 12.5 Å². The van der Waals surface area contributed by atoms with Gasteiger partial charge in [-0.1, -0.05) is 45.7 Å². The topological polar surface area (TPSA) is 62.1 Å². The Bertz CT molecular complexity index is 1270. The van der Waals surface area contributed by atoms with Crippen molar-refractivity contribution in [2.24, 2.45) is 0 Å². The van der Waals surface area contributed by atoms with Crippen molar-refractivity contribution in [3.8, 4) is 11.8 Å². The van der Waals surface area contributed by atoms with Gasteiger partial charge in [-0.05, 0) is 73.0 Å². The van der Waals surface area contributed by atoms with E-state index in [9.17, 15) is 14.4 Å². The number of aryl methyl sites for hydroxylation is 1. The first-order valence-corrected chi connectivity index (χ1v) is 11.4. The Labute approximate surface area is 205 Å². The van der Waals surface area contributed by atoms with Crippen LogP contribution in [0.5, 0.6) is 5.75 Å². The van der Waals surface area contributed by atoms with Gasteiger partial charge in [-0.15, -0.1) is 0 Å². The Kier molecular flexibility index (Phi) is 8.26. The normalized spacial score (nSPS) is 11.1. The second-order valence-electron chi connectivity index (χ2n) is 7.30. The largest absolute Gasteiger partial charge is 0.494 e. The molecule has 0 fully saturated rings. The van der Waals surface area contributed by atoms with Crippen LogP contribution in [0.4, 0.5) is 10.1 Å². The molecule has 168 valence electrons. The van der Waals surface area contributed by atoms with Crippen LogP contribution in [0.1, 0.15) is 29.2 Å². The number of rotatable bonds is 7. The fourth-order valence-electron chi connectivity index (χ4n) is 3.26. The maximum Gasteiger partial charge on any atom is 0.266 e. The van der Waals surface area contributed by atoms with Gasteiger partial charge in [-0.25, -0.2) is 4.39 Å². The molecule has 0 atom stereocenters. The third-order valence-electron chi connectivity index (χ3n) is 4.87. The second kappa shape index (κ2) is 11.1. The predicted molar refractivity (Wildman–Crippen MR) is 133 cm³/mol. The van der Waals surface area contributed by atoms with Gasteiger partial charge in [0.1, 0.15) is 23.2 Å². The van der Waals surface area contributed by atoms with E-state index in [2.05, 4.69) is 21.2 Å². The molecular formula is C26H21BrClFN2O2. The lowest BCUT2D eigenvalue weighted by Crippen LogP contribution is -2.14. The molecule has 0 aliphatic rings. The van der Waals surface area contributed by atoms with Crippen molar-refractivity contribution >= 4 is 45.2 Å². The van der Waals surface area contributed by atoms with E-state index in [4.69, 9.17) is 16.3 Å². The van der Waals surface area contributed by atoms with Crippen LogP contribution in [-0.2, 0) is 11.2 Å². The van der Waals surface area contributed by atoms with Crippen molar-refractivity contribution in [3.63, 3.8) is 0 Å². The molecule has 0 aromatic heterocycles. The van der Waals surface area contributed by atoms with Crippen molar-refractivity contribution in [1.29, 1.82) is 5.26 Å². The monoisotopic (exact) mass is 526 g/mol. The highest BCUT2D eigenvalue weighted by molar-refractivity contribution is 9.10. The summed E-state index contributed by atoms with van der Waals surface area (Å²) in [5, 5.41) is 12.8. The maximum atomic E-state index is 13.6. The summed E-state index contributed by atoms with van der Waals surface area (Å²) in [6, 6.07) is 17.0. The number of ether oxygens (including phenoxy) is 1. The maximum absolute atomic E-state index is 13.6. The minimum absolute atomic E-state index is 0.0680. The summed E-state index contributed by atoms with van der Waals surface area (Å²) < 4.78 is 20.2. The van der Waals surface area contributed by atoms with Gasteiger partial charge in [0.15, 0.2) is 0 Å². The molecule has 3 rings (SSSR count). The number of hydrogen-bond acceptors (Lipinski definition) is 3. The van der Waals surface area contributed by atoms with Crippen LogP contribution in [0.15, 0.2) is 64.6 Å². The van der Waals surface area contributed by atoms with E-state index in [1.807, 2.05) is 26.0 Å². The van der Waals surface area contributed by atoms with Gasteiger partial charge in [0, 0.05) is 27.2 Å². The quantitative estimate of drug-likeness (QED) is 0.264. The molecule has 0 unspecified atom stereocenters.